The van der Waals surface area contributed by atoms with E-state index in [1.54, 1.807) is 0 Å². The molecule has 0 saturated heterocycles. The molecule has 1 saturated carbocycles. The molecule has 0 spiro atoms. The molecule has 1 N–H and O–H groups in total. The lowest BCUT2D eigenvalue weighted by Crippen LogP contribution is -2.29. The lowest BCUT2D eigenvalue weighted by molar-refractivity contribution is -0.153. The molecule has 1 rings (SSSR count). The summed E-state index contributed by atoms with van der Waals surface area (Å²) in [6.45, 7) is 5.96. The molecule has 0 bridgehead atoms. The zero-order chi connectivity index (χ0) is 19.2. The summed E-state index contributed by atoms with van der Waals surface area (Å²) < 4.78 is 10.8. The average molecular weight is 371 g/mol. The summed E-state index contributed by atoms with van der Waals surface area (Å²) in [4.78, 5) is 23.0. The van der Waals surface area contributed by atoms with Crippen LogP contribution in [0.3, 0.4) is 0 Å². The molecular weight excluding hydrogens is 332 g/mol. The van der Waals surface area contributed by atoms with Crippen molar-refractivity contribution in [3.8, 4) is 0 Å². The Bertz CT molecular complexity index is 394. The number of ether oxygens (including phenoxy) is 2. The van der Waals surface area contributed by atoms with Crippen molar-refractivity contribution < 1.29 is 24.2 Å². The van der Waals surface area contributed by atoms with E-state index in [-0.39, 0.29) is 18.5 Å². The third-order valence-corrected chi connectivity index (χ3v) is 5.15. The van der Waals surface area contributed by atoms with Gasteiger partial charge in [0.2, 0.25) is 0 Å². The zero-order valence-corrected chi connectivity index (χ0v) is 16.7. The van der Waals surface area contributed by atoms with Crippen LogP contribution in [0.2, 0.25) is 0 Å². The van der Waals surface area contributed by atoms with Crippen LogP contribution in [0.4, 0.5) is 0 Å². The number of carbonyl (C=O) groups excluding carboxylic acids is 1. The van der Waals surface area contributed by atoms with Crippen LogP contribution in [0.25, 0.3) is 0 Å². The Balaban J connectivity index is 1.91. The van der Waals surface area contributed by atoms with Crippen LogP contribution in [0.15, 0.2) is 0 Å². The fourth-order valence-corrected chi connectivity index (χ4v) is 3.51. The molecule has 5 heteroatoms. The van der Waals surface area contributed by atoms with Gasteiger partial charge in [-0.05, 0) is 31.6 Å². The van der Waals surface area contributed by atoms with Gasteiger partial charge in [0, 0.05) is 6.61 Å². The zero-order valence-electron chi connectivity index (χ0n) is 16.7. The number of hydrogen-bond donors (Lipinski definition) is 1. The number of carboxylic acid groups (broad SMARTS) is 1. The molecule has 0 aromatic carbocycles. The molecule has 1 aliphatic rings. The molecule has 0 aliphatic heterocycles. The number of carboxylic acids is 1. The number of hydrogen-bond acceptors (Lipinski definition) is 4. The Labute approximate surface area is 158 Å². The van der Waals surface area contributed by atoms with Crippen LogP contribution in [0.1, 0.15) is 84.5 Å². The van der Waals surface area contributed by atoms with E-state index in [4.69, 9.17) is 14.6 Å². The number of esters is 1. The predicted molar refractivity (Wildman–Crippen MR) is 102 cm³/mol. The lowest BCUT2D eigenvalue weighted by atomic mass is 9.81. The quantitative estimate of drug-likeness (QED) is 0.350. The highest BCUT2D eigenvalue weighted by Crippen LogP contribution is 2.30. The molecule has 26 heavy (non-hydrogen) atoms. The van der Waals surface area contributed by atoms with Gasteiger partial charge in [-0.25, -0.2) is 0 Å². The minimum atomic E-state index is -0.800. The van der Waals surface area contributed by atoms with Crippen molar-refractivity contribution in [3.05, 3.63) is 0 Å². The third kappa shape index (κ3) is 10.8. The van der Waals surface area contributed by atoms with Crippen LogP contribution < -0.4 is 0 Å². The molecule has 0 amide bonds. The van der Waals surface area contributed by atoms with Crippen LogP contribution >= 0.6 is 0 Å². The van der Waals surface area contributed by atoms with E-state index < -0.39 is 11.9 Å². The highest BCUT2D eigenvalue weighted by atomic mass is 16.6. The fraction of sp³-hybridized carbons (Fsp3) is 0.905. The summed E-state index contributed by atoms with van der Waals surface area (Å²) in [7, 11) is 0. The molecule has 2 atom stereocenters. The second-order valence-electron chi connectivity index (χ2n) is 7.98. The van der Waals surface area contributed by atoms with E-state index >= 15 is 0 Å². The van der Waals surface area contributed by atoms with E-state index in [0.29, 0.717) is 26.1 Å². The summed E-state index contributed by atoms with van der Waals surface area (Å²) in [6.07, 6.45) is 11.4. The van der Waals surface area contributed by atoms with Crippen LogP contribution in [-0.4, -0.2) is 36.9 Å². The smallest absolute Gasteiger partial charge is 0.309 e. The third-order valence-electron chi connectivity index (χ3n) is 5.15. The van der Waals surface area contributed by atoms with Gasteiger partial charge in [-0.3, -0.25) is 9.59 Å². The molecule has 5 nitrogen and oxygen atoms in total. The Kier molecular flexibility index (Phi) is 12.4. The molecular formula is C21H38O5. The van der Waals surface area contributed by atoms with Gasteiger partial charge in [0.25, 0.3) is 0 Å². The van der Waals surface area contributed by atoms with Crippen molar-refractivity contribution in [1.29, 1.82) is 0 Å². The normalized spacial score (nSPS) is 20.3. The predicted octanol–water partition coefficient (Wildman–Crippen LogP) is 4.82. The summed E-state index contributed by atoms with van der Waals surface area (Å²) in [5.41, 5.74) is 0. The van der Waals surface area contributed by atoms with Crippen molar-refractivity contribution in [2.75, 3.05) is 19.8 Å². The Morgan fingerprint density at radius 3 is 2.27 bits per heavy atom. The van der Waals surface area contributed by atoms with Gasteiger partial charge < -0.3 is 14.6 Å². The first-order chi connectivity index (χ1) is 12.5. The van der Waals surface area contributed by atoms with Gasteiger partial charge in [0.15, 0.2) is 0 Å². The highest BCUT2D eigenvalue weighted by Gasteiger charge is 2.31. The van der Waals surface area contributed by atoms with Crippen molar-refractivity contribution in [1.82, 2.24) is 0 Å². The highest BCUT2D eigenvalue weighted by molar-refractivity contribution is 5.75. The van der Waals surface area contributed by atoms with Crippen LogP contribution in [-0.2, 0) is 19.1 Å². The van der Waals surface area contributed by atoms with Crippen molar-refractivity contribution in [2.24, 2.45) is 17.8 Å². The molecule has 0 radical (unpaired) electrons. The van der Waals surface area contributed by atoms with Crippen molar-refractivity contribution in [3.63, 3.8) is 0 Å². The van der Waals surface area contributed by atoms with Gasteiger partial charge in [-0.1, -0.05) is 58.8 Å². The molecule has 1 aliphatic carbocycles. The first-order valence-electron chi connectivity index (χ1n) is 10.5. The summed E-state index contributed by atoms with van der Waals surface area (Å²) in [5, 5.41) is 9.06. The summed E-state index contributed by atoms with van der Waals surface area (Å²) >= 11 is 0. The van der Waals surface area contributed by atoms with Crippen molar-refractivity contribution in [2.45, 2.75) is 84.5 Å². The number of aliphatic carboxylic acids is 1. The second kappa shape index (κ2) is 14.0. The SMILES string of the molecule is CC(C)CCCCCCCCOCCOC(=O)C1CCCC(C(=O)O)C1. The van der Waals surface area contributed by atoms with E-state index in [1.165, 1.54) is 38.5 Å². The maximum Gasteiger partial charge on any atom is 0.309 e. The number of unbranched alkanes of at least 4 members (excludes halogenated alkanes) is 5. The minimum Gasteiger partial charge on any atom is -0.481 e. The molecule has 0 aromatic rings. The maximum atomic E-state index is 12.0. The Morgan fingerprint density at radius 2 is 1.58 bits per heavy atom. The van der Waals surface area contributed by atoms with Gasteiger partial charge >= 0.3 is 11.9 Å². The van der Waals surface area contributed by atoms with Gasteiger partial charge in [0.1, 0.15) is 6.61 Å². The summed E-state index contributed by atoms with van der Waals surface area (Å²) in [6, 6.07) is 0. The second-order valence-corrected chi connectivity index (χ2v) is 7.98. The van der Waals surface area contributed by atoms with E-state index in [0.717, 1.165) is 25.2 Å². The van der Waals surface area contributed by atoms with Gasteiger partial charge in [0.05, 0.1) is 18.4 Å². The number of rotatable bonds is 14. The number of carbonyl (C=O) groups is 2. The van der Waals surface area contributed by atoms with Crippen LogP contribution in [0.5, 0.6) is 0 Å². The standard InChI is InChI=1S/C21H38O5/c1-17(2)10-7-5-3-4-6-8-13-25-14-15-26-21(24)19-12-9-11-18(16-19)20(22)23/h17-19H,3-16H2,1-2H3,(H,22,23). The minimum absolute atomic E-state index is 0.263. The van der Waals surface area contributed by atoms with E-state index in [1.807, 2.05) is 0 Å². The van der Waals surface area contributed by atoms with Crippen molar-refractivity contribution >= 4 is 11.9 Å². The largest absolute Gasteiger partial charge is 0.481 e. The lowest BCUT2D eigenvalue weighted by Gasteiger charge is -2.24. The fourth-order valence-electron chi connectivity index (χ4n) is 3.51. The first-order valence-corrected chi connectivity index (χ1v) is 10.5. The molecule has 2 unspecified atom stereocenters. The molecule has 0 aromatic heterocycles. The molecule has 0 heterocycles. The Morgan fingerprint density at radius 1 is 0.923 bits per heavy atom. The monoisotopic (exact) mass is 370 g/mol. The van der Waals surface area contributed by atoms with Gasteiger partial charge in [-0.15, -0.1) is 0 Å². The maximum absolute atomic E-state index is 12.0. The Hall–Kier alpha value is -1.10. The van der Waals surface area contributed by atoms with Gasteiger partial charge in [-0.2, -0.15) is 0 Å². The molecule has 152 valence electrons. The van der Waals surface area contributed by atoms with E-state index in [2.05, 4.69) is 13.8 Å². The van der Waals surface area contributed by atoms with E-state index in [9.17, 15) is 9.59 Å². The molecule has 1 fully saturated rings. The van der Waals surface area contributed by atoms with Crippen LogP contribution in [0, 0.1) is 17.8 Å². The average Bonchev–Trinajstić information content (AvgIpc) is 2.62. The first kappa shape index (κ1) is 22.9. The topological polar surface area (TPSA) is 72.8 Å². The summed E-state index contributed by atoms with van der Waals surface area (Å²) in [5.74, 6) is -0.913.